The number of hydrogen-bond donors (Lipinski definition) is 2. The monoisotopic (exact) mass is 281 g/mol. The summed E-state index contributed by atoms with van der Waals surface area (Å²) < 4.78 is 0. The van der Waals surface area contributed by atoms with Gasteiger partial charge >= 0.3 is 11.7 Å². The van der Waals surface area contributed by atoms with Crippen molar-refractivity contribution in [1.82, 2.24) is 4.98 Å². The van der Waals surface area contributed by atoms with Crippen molar-refractivity contribution in [2.75, 3.05) is 18.0 Å². The molecule has 0 saturated carbocycles. The summed E-state index contributed by atoms with van der Waals surface area (Å²) in [6.07, 6.45) is 2.39. The number of aromatic carboxylic acids is 1. The number of pyridine rings is 1. The third kappa shape index (κ3) is 2.85. The van der Waals surface area contributed by atoms with E-state index in [1.54, 1.807) is 11.8 Å². The van der Waals surface area contributed by atoms with Crippen LogP contribution in [-0.2, 0) is 0 Å². The highest BCUT2D eigenvalue weighted by atomic mass is 16.6. The van der Waals surface area contributed by atoms with Crippen LogP contribution in [-0.4, -0.2) is 44.8 Å². The lowest BCUT2D eigenvalue weighted by molar-refractivity contribution is -0.384. The molecular weight excluding hydrogens is 266 g/mol. The summed E-state index contributed by atoms with van der Waals surface area (Å²) in [6, 6.07) is 0.994. The Labute approximate surface area is 114 Å². The Morgan fingerprint density at radius 2 is 2.30 bits per heavy atom. The van der Waals surface area contributed by atoms with Crippen LogP contribution in [0.3, 0.4) is 0 Å². The molecule has 1 saturated heterocycles. The van der Waals surface area contributed by atoms with Crippen molar-refractivity contribution in [3.05, 3.63) is 27.9 Å². The molecule has 8 heteroatoms. The van der Waals surface area contributed by atoms with E-state index in [9.17, 15) is 20.0 Å². The molecular formula is C12H15N3O5. The fraction of sp³-hybridized carbons (Fsp3) is 0.500. The van der Waals surface area contributed by atoms with E-state index in [-0.39, 0.29) is 23.6 Å². The fourth-order valence-corrected chi connectivity index (χ4v) is 2.34. The van der Waals surface area contributed by atoms with Gasteiger partial charge in [0.05, 0.1) is 16.1 Å². The Morgan fingerprint density at radius 3 is 2.85 bits per heavy atom. The van der Waals surface area contributed by atoms with E-state index in [4.69, 9.17) is 5.11 Å². The summed E-state index contributed by atoms with van der Waals surface area (Å²) >= 11 is 0. The first-order valence-corrected chi connectivity index (χ1v) is 6.15. The number of aromatic nitrogens is 1. The van der Waals surface area contributed by atoms with Crippen molar-refractivity contribution in [3.8, 4) is 0 Å². The van der Waals surface area contributed by atoms with Crippen molar-refractivity contribution in [2.24, 2.45) is 0 Å². The highest BCUT2D eigenvalue weighted by molar-refractivity contribution is 5.88. The zero-order valence-electron chi connectivity index (χ0n) is 10.9. The van der Waals surface area contributed by atoms with Crippen LogP contribution in [0.5, 0.6) is 0 Å². The molecule has 20 heavy (non-hydrogen) atoms. The Balaban J connectivity index is 2.40. The number of nitro groups is 1. The predicted molar refractivity (Wildman–Crippen MR) is 69.9 cm³/mol. The molecule has 1 unspecified atom stereocenters. The molecule has 0 aromatic carbocycles. The van der Waals surface area contributed by atoms with Crippen LogP contribution >= 0.6 is 0 Å². The largest absolute Gasteiger partial charge is 0.478 e. The summed E-state index contributed by atoms with van der Waals surface area (Å²) in [6.45, 7) is 2.43. The number of piperidine rings is 1. The molecule has 0 radical (unpaired) electrons. The summed E-state index contributed by atoms with van der Waals surface area (Å²) in [7, 11) is 0. The molecule has 0 aliphatic carbocycles. The van der Waals surface area contributed by atoms with Gasteiger partial charge in [-0.2, -0.15) is 0 Å². The summed E-state index contributed by atoms with van der Waals surface area (Å²) in [4.78, 5) is 26.8. The van der Waals surface area contributed by atoms with Crippen LogP contribution < -0.4 is 4.90 Å². The average Bonchev–Trinajstić information content (AvgIpc) is 2.36. The van der Waals surface area contributed by atoms with Crippen molar-refractivity contribution < 1.29 is 19.9 Å². The standard InChI is InChI=1S/C12H15N3O5/c1-12(18)3-2-4-14(7-12)10-9(15(19)20)5-8(6-13-10)11(16)17/h5-6,18H,2-4,7H2,1H3,(H,16,17). The number of aliphatic hydroxyl groups is 1. The van der Waals surface area contributed by atoms with Gasteiger partial charge in [0.1, 0.15) is 0 Å². The molecule has 0 spiro atoms. The van der Waals surface area contributed by atoms with Gasteiger partial charge in [-0.15, -0.1) is 0 Å². The van der Waals surface area contributed by atoms with Gasteiger partial charge in [0.15, 0.2) is 0 Å². The maximum atomic E-state index is 11.1. The number of nitrogens with zero attached hydrogens (tertiary/aromatic N) is 3. The van der Waals surface area contributed by atoms with E-state index in [2.05, 4.69) is 4.98 Å². The van der Waals surface area contributed by atoms with E-state index in [0.717, 1.165) is 12.3 Å². The summed E-state index contributed by atoms with van der Waals surface area (Å²) in [5.74, 6) is -1.17. The Hall–Kier alpha value is -2.22. The number of carboxylic acids is 1. The number of β-amino-alcohol motifs (C(OH)–C–C–N with tert-alkyl or cyclic N) is 1. The number of rotatable bonds is 3. The second-order valence-corrected chi connectivity index (χ2v) is 5.15. The van der Waals surface area contributed by atoms with Crippen molar-refractivity contribution in [1.29, 1.82) is 0 Å². The van der Waals surface area contributed by atoms with Crippen LogP contribution in [0.1, 0.15) is 30.1 Å². The van der Waals surface area contributed by atoms with E-state index in [0.29, 0.717) is 19.4 Å². The topological polar surface area (TPSA) is 117 Å². The maximum absolute atomic E-state index is 11.1. The highest BCUT2D eigenvalue weighted by Crippen LogP contribution is 2.31. The molecule has 8 nitrogen and oxygen atoms in total. The Kier molecular flexibility index (Phi) is 3.58. The van der Waals surface area contributed by atoms with Crippen LogP contribution in [0.25, 0.3) is 0 Å². The summed E-state index contributed by atoms with van der Waals surface area (Å²) in [5.41, 5.74) is -1.52. The van der Waals surface area contributed by atoms with E-state index >= 15 is 0 Å². The van der Waals surface area contributed by atoms with Gasteiger partial charge in [-0.3, -0.25) is 10.1 Å². The molecule has 1 aromatic rings. The molecule has 2 heterocycles. The number of anilines is 1. The number of carbonyl (C=O) groups is 1. The molecule has 2 rings (SSSR count). The predicted octanol–water partition coefficient (Wildman–Crippen LogP) is 1.04. The van der Waals surface area contributed by atoms with Crippen LogP contribution in [0, 0.1) is 10.1 Å². The zero-order valence-corrected chi connectivity index (χ0v) is 10.9. The van der Waals surface area contributed by atoms with Gasteiger partial charge in [-0.05, 0) is 19.8 Å². The summed E-state index contributed by atoms with van der Waals surface area (Å²) in [5, 5.41) is 30.0. The molecule has 1 aliphatic rings. The molecule has 2 N–H and O–H groups in total. The minimum atomic E-state index is -1.27. The normalized spacial score (nSPS) is 22.6. The van der Waals surface area contributed by atoms with Crippen LogP contribution in [0.2, 0.25) is 0 Å². The van der Waals surface area contributed by atoms with E-state index in [1.807, 2.05) is 0 Å². The third-order valence-corrected chi connectivity index (χ3v) is 3.27. The van der Waals surface area contributed by atoms with Gasteiger partial charge < -0.3 is 15.1 Å². The lowest BCUT2D eigenvalue weighted by Gasteiger charge is -2.37. The number of carboxylic acid groups (broad SMARTS) is 1. The average molecular weight is 281 g/mol. The van der Waals surface area contributed by atoms with Gasteiger partial charge in [-0.25, -0.2) is 9.78 Å². The van der Waals surface area contributed by atoms with Gasteiger partial charge in [0, 0.05) is 25.4 Å². The van der Waals surface area contributed by atoms with E-state index < -0.39 is 16.5 Å². The first-order chi connectivity index (χ1) is 9.30. The molecule has 108 valence electrons. The van der Waals surface area contributed by atoms with Gasteiger partial charge in [-0.1, -0.05) is 0 Å². The Bertz CT molecular complexity index is 558. The quantitative estimate of drug-likeness (QED) is 0.627. The molecule has 1 aliphatic heterocycles. The fourth-order valence-electron chi connectivity index (χ4n) is 2.34. The molecule has 1 aromatic heterocycles. The SMILES string of the molecule is CC1(O)CCCN(c2ncc(C(=O)O)cc2[N+](=O)[O-])C1. The van der Waals surface area contributed by atoms with Gasteiger partial charge in [0.25, 0.3) is 0 Å². The lowest BCUT2D eigenvalue weighted by Crippen LogP contribution is -2.46. The van der Waals surface area contributed by atoms with Crippen LogP contribution in [0.4, 0.5) is 11.5 Å². The maximum Gasteiger partial charge on any atom is 0.337 e. The minimum Gasteiger partial charge on any atom is -0.478 e. The molecule has 0 amide bonds. The first kappa shape index (κ1) is 14.2. The molecule has 1 fully saturated rings. The minimum absolute atomic E-state index is 0.0972. The second-order valence-electron chi connectivity index (χ2n) is 5.15. The van der Waals surface area contributed by atoms with Crippen molar-refractivity contribution in [3.63, 3.8) is 0 Å². The van der Waals surface area contributed by atoms with Crippen molar-refractivity contribution >= 4 is 17.5 Å². The molecule has 0 bridgehead atoms. The number of hydrogen-bond acceptors (Lipinski definition) is 6. The Morgan fingerprint density at radius 1 is 1.60 bits per heavy atom. The van der Waals surface area contributed by atoms with Gasteiger partial charge in [0.2, 0.25) is 5.82 Å². The zero-order chi connectivity index (χ0) is 14.9. The smallest absolute Gasteiger partial charge is 0.337 e. The van der Waals surface area contributed by atoms with Crippen LogP contribution in [0.15, 0.2) is 12.3 Å². The lowest BCUT2D eigenvalue weighted by atomic mass is 9.95. The molecule has 1 atom stereocenters. The highest BCUT2D eigenvalue weighted by Gasteiger charge is 2.32. The second kappa shape index (κ2) is 5.04. The third-order valence-electron chi connectivity index (χ3n) is 3.27. The van der Waals surface area contributed by atoms with Crippen molar-refractivity contribution in [2.45, 2.75) is 25.4 Å². The first-order valence-electron chi connectivity index (χ1n) is 6.15. The van der Waals surface area contributed by atoms with E-state index in [1.165, 1.54) is 0 Å².